The summed E-state index contributed by atoms with van der Waals surface area (Å²) in [6.07, 6.45) is 4.38. The Labute approximate surface area is 182 Å². The van der Waals surface area contributed by atoms with Gasteiger partial charge in [-0.3, -0.25) is 4.79 Å². The molecule has 6 nitrogen and oxygen atoms in total. The van der Waals surface area contributed by atoms with Gasteiger partial charge in [0.25, 0.3) is 5.91 Å². The molecule has 1 amide bonds. The summed E-state index contributed by atoms with van der Waals surface area (Å²) in [7, 11) is 0. The van der Waals surface area contributed by atoms with Gasteiger partial charge in [0.05, 0.1) is 6.61 Å². The summed E-state index contributed by atoms with van der Waals surface area (Å²) in [5, 5.41) is 12.0. The molecule has 1 atom stereocenters. The van der Waals surface area contributed by atoms with E-state index < -0.39 is 5.54 Å². The fraction of sp³-hybridized carbons (Fsp3) is 0.360. The number of hydrogen-bond acceptors (Lipinski definition) is 5. The second kappa shape index (κ2) is 9.35. The van der Waals surface area contributed by atoms with E-state index in [0.29, 0.717) is 31.1 Å². The van der Waals surface area contributed by atoms with Crippen LogP contribution >= 0.6 is 0 Å². The number of amides is 1. The van der Waals surface area contributed by atoms with E-state index in [2.05, 4.69) is 24.0 Å². The number of nitrogens with zero attached hydrogens (tertiary/aromatic N) is 1. The molecule has 162 valence electrons. The lowest BCUT2D eigenvalue weighted by molar-refractivity contribution is -0.127. The van der Waals surface area contributed by atoms with E-state index in [4.69, 9.17) is 19.6 Å². The van der Waals surface area contributed by atoms with Crippen LogP contribution in [-0.4, -0.2) is 48.3 Å². The fourth-order valence-corrected chi connectivity index (χ4v) is 4.08. The van der Waals surface area contributed by atoms with Crippen LogP contribution < -0.4 is 10.1 Å². The van der Waals surface area contributed by atoms with Crippen LogP contribution in [0.2, 0.25) is 0 Å². The molecular formula is C25H28N2O4. The number of aliphatic hydroxyl groups is 1. The Morgan fingerprint density at radius 2 is 1.94 bits per heavy atom. The van der Waals surface area contributed by atoms with Crippen LogP contribution in [0.1, 0.15) is 29.5 Å². The normalized spacial score (nSPS) is 20.0. The van der Waals surface area contributed by atoms with Gasteiger partial charge in [-0.15, -0.1) is 6.58 Å². The van der Waals surface area contributed by atoms with Crippen LogP contribution in [-0.2, 0) is 22.4 Å². The number of aliphatic hydroxyl groups excluding tert-OH is 1. The number of aliphatic imine (C=N–C) groups is 1. The molecule has 0 radical (unpaired) electrons. The van der Waals surface area contributed by atoms with E-state index in [1.165, 1.54) is 11.1 Å². The number of carbonyl (C=O) groups excluding carboxylic acids is 1. The van der Waals surface area contributed by atoms with E-state index >= 15 is 0 Å². The third kappa shape index (κ3) is 4.64. The Bertz CT molecular complexity index is 945. The van der Waals surface area contributed by atoms with Gasteiger partial charge >= 0.3 is 0 Å². The van der Waals surface area contributed by atoms with Crippen molar-refractivity contribution < 1.29 is 19.4 Å². The molecule has 1 aliphatic carbocycles. The maximum atomic E-state index is 13.3. The minimum atomic E-state index is -0.998. The van der Waals surface area contributed by atoms with Crippen molar-refractivity contribution in [1.82, 2.24) is 5.32 Å². The molecule has 1 aliphatic heterocycles. The predicted molar refractivity (Wildman–Crippen MR) is 119 cm³/mol. The summed E-state index contributed by atoms with van der Waals surface area (Å²) in [5.74, 6) is 1.05. The number of rotatable bonds is 9. The fourth-order valence-electron chi connectivity index (χ4n) is 4.08. The monoisotopic (exact) mass is 420 g/mol. The summed E-state index contributed by atoms with van der Waals surface area (Å²) in [4.78, 5) is 18.0. The molecule has 2 aromatic carbocycles. The largest absolute Gasteiger partial charge is 0.494 e. The van der Waals surface area contributed by atoms with Gasteiger partial charge in [0, 0.05) is 31.1 Å². The Morgan fingerprint density at radius 3 is 2.58 bits per heavy atom. The maximum absolute atomic E-state index is 13.3. The molecule has 31 heavy (non-hydrogen) atoms. The van der Waals surface area contributed by atoms with Crippen molar-refractivity contribution >= 4 is 11.8 Å². The summed E-state index contributed by atoms with van der Waals surface area (Å²) >= 11 is 0. The second-order valence-electron chi connectivity index (χ2n) is 8.03. The van der Waals surface area contributed by atoms with Crippen molar-refractivity contribution in [2.75, 3.05) is 19.8 Å². The molecule has 0 fully saturated rings. The van der Waals surface area contributed by atoms with Gasteiger partial charge in [-0.25, -0.2) is 4.99 Å². The Kier molecular flexibility index (Phi) is 6.37. The number of benzene rings is 2. The smallest absolute Gasteiger partial charge is 0.252 e. The summed E-state index contributed by atoms with van der Waals surface area (Å²) in [6, 6.07) is 15.8. The van der Waals surface area contributed by atoms with Gasteiger partial charge in [0.1, 0.15) is 12.4 Å². The molecule has 2 aliphatic rings. The minimum absolute atomic E-state index is 0.0705. The molecule has 0 bridgehead atoms. The average Bonchev–Trinajstić information content (AvgIpc) is 3.39. The van der Waals surface area contributed by atoms with Crippen LogP contribution in [0.15, 0.2) is 66.2 Å². The van der Waals surface area contributed by atoms with Crippen LogP contribution in [0.4, 0.5) is 0 Å². The van der Waals surface area contributed by atoms with Gasteiger partial charge < -0.3 is 19.9 Å². The Balaban J connectivity index is 1.45. The number of carbonyl (C=O) groups is 1. The van der Waals surface area contributed by atoms with Crippen LogP contribution in [0.5, 0.6) is 5.75 Å². The number of nitrogens with one attached hydrogen (secondary N) is 1. The van der Waals surface area contributed by atoms with Crippen molar-refractivity contribution in [3.8, 4) is 5.75 Å². The molecule has 0 unspecified atom stereocenters. The molecule has 1 heterocycles. The van der Waals surface area contributed by atoms with Gasteiger partial charge in [0.2, 0.25) is 5.90 Å². The molecule has 6 heteroatoms. The molecule has 0 spiro atoms. The van der Waals surface area contributed by atoms with Gasteiger partial charge in [-0.1, -0.05) is 30.3 Å². The maximum Gasteiger partial charge on any atom is 0.252 e. The first kappa shape index (κ1) is 21.1. The zero-order chi connectivity index (χ0) is 21.7. The summed E-state index contributed by atoms with van der Waals surface area (Å²) < 4.78 is 11.4. The van der Waals surface area contributed by atoms with Crippen molar-refractivity contribution in [2.24, 2.45) is 4.99 Å². The third-order valence-electron chi connectivity index (χ3n) is 5.73. The van der Waals surface area contributed by atoms with Crippen LogP contribution in [0, 0.1) is 0 Å². The molecule has 4 rings (SSSR count). The van der Waals surface area contributed by atoms with E-state index in [1.54, 1.807) is 6.08 Å². The summed E-state index contributed by atoms with van der Waals surface area (Å²) in [6.45, 7) is 4.57. The highest BCUT2D eigenvalue weighted by Gasteiger charge is 2.44. The Morgan fingerprint density at radius 1 is 1.23 bits per heavy atom. The van der Waals surface area contributed by atoms with Crippen LogP contribution in [0.3, 0.4) is 0 Å². The minimum Gasteiger partial charge on any atom is -0.494 e. The van der Waals surface area contributed by atoms with E-state index in [0.717, 1.165) is 18.4 Å². The highest BCUT2D eigenvalue weighted by molar-refractivity contribution is 6.00. The zero-order valence-electron chi connectivity index (χ0n) is 17.5. The lowest BCUT2D eigenvalue weighted by Crippen LogP contribution is -2.50. The first-order chi connectivity index (χ1) is 15.1. The van der Waals surface area contributed by atoms with Crippen molar-refractivity contribution in [2.45, 2.75) is 37.3 Å². The molecule has 2 aromatic rings. The quantitative estimate of drug-likeness (QED) is 0.483. The predicted octanol–water partition coefficient (Wildman–Crippen LogP) is 2.82. The SMILES string of the molecule is C=CC[C@]1(C(=O)NC2Cc3ccccc3C2)COC(c2ccc(OCCCO)cc2)=N1. The zero-order valence-corrected chi connectivity index (χ0v) is 17.5. The summed E-state index contributed by atoms with van der Waals surface area (Å²) in [5.41, 5.74) is 2.38. The third-order valence-corrected chi connectivity index (χ3v) is 5.73. The molecule has 2 N–H and O–H groups in total. The lowest BCUT2D eigenvalue weighted by Gasteiger charge is -2.24. The lowest BCUT2D eigenvalue weighted by atomic mass is 9.95. The molecule has 0 aromatic heterocycles. The number of ether oxygens (including phenoxy) is 2. The highest BCUT2D eigenvalue weighted by atomic mass is 16.5. The van der Waals surface area contributed by atoms with Gasteiger partial charge in [0.15, 0.2) is 5.54 Å². The molecule has 0 saturated carbocycles. The Hall–Kier alpha value is -3.12. The molecule has 0 saturated heterocycles. The van der Waals surface area contributed by atoms with Crippen molar-refractivity contribution in [3.05, 3.63) is 77.9 Å². The van der Waals surface area contributed by atoms with Crippen LogP contribution in [0.25, 0.3) is 0 Å². The van der Waals surface area contributed by atoms with Crippen molar-refractivity contribution in [3.63, 3.8) is 0 Å². The number of hydrogen-bond donors (Lipinski definition) is 2. The standard InChI is InChI=1S/C25H28N2O4/c1-2-12-25(24(29)26-21-15-19-6-3-4-7-20(19)16-21)17-31-23(27-25)18-8-10-22(11-9-18)30-14-5-13-28/h2-4,6-11,21,28H,1,5,12-17H2,(H,26,29)/t25-/m1/s1. The first-order valence-electron chi connectivity index (χ1n) is 10.7. The molecular weight excluding hydrogens is 392 g/mol. The second-order valence-corrected chi connectivity index (χ2v) is 8.03. The first-order valence-corrected chi connectivity index (χ1v) is 10.7. The number of fused-ring (bicyclic) bond motifs is 1. The van der Waals surface area contributed by atoms with Gasteiger partial charge in [-0.05, 0) is 48.2 Å². The van der Waals surface area contributed by atoms with E-state index in [-0.39, 0.29) is 25.2 Å². The highest BCUT2D eigenvalue weighted by Crippen LogP contribution is 2.29. The van der Waals surface area contributed by atoms with Crippen molar-refractivity contribution in [1.29, 1.82) is 0 Å². The van der Waals surface area contributed by atoms with E-state index in [1.807, 2.05) is 36.4 Å². The van der Waals surface area contributed by atoms with E-state index in [9.17, 15) is 4.79 Å². The topological polar surface area (TPSA) is 80.2 Å². The van der Waals surface area contributed by atoms with Gasteiger partial charge in [-0.2, -0.15) is 0 Å². The average molecular weight is 421 g/mol.